The number of para-hydroxylation sites is 1. The molecule has 220 valence electrons. The molecule has 3 aliphatic heterocycles. The fourth-order valence-electron chi connectivity index (χ4n) is 7.24. The Morgan fingerprint density at radius 1 is 0.818 bits per heavy atom. The number of hydrogen-bond donors (Lipinski definition) is 1. The summed E-state index contributed by atoms with van der Waals surface area (Å²) >= 11 is 0. The Hall–Kier alpha value is -5.17. The number of ketones is 2. The number of fused-ring (bicyclic) bond motifs is 6. The van der Waals surface area contributed by atoms with Gasteiger partial charge in [-0.2, -0.15) is 0 Å². The van der Waals surface area contributed by atoms with Gasteiger partial charge in [-0.1, -0.05) is 42.5 Å². The molecule has 0 aromatic heterocycles. The van der Waals surface area contributed by atoms with Crippen molar-refractivity contribution in [2.45, 2.75) is 37.5 Å². The normalized spacial score (nSPS) is 22.8. The Morgan fingerprint density at radius 2 is 1.45 bits per heavy atom. The second kappa shape index (κ2) is 10.5. The Balaban J connectivity index is 1.46. The molecule has 1 fully saturated rings. The maximum atomic E-state index is 14.9. The number of methoxy groups -OCH3 is 1. The van der Waals surface area contributed by atoms with Crippen molar-refractivity contribution in [1.82, 2.24) is 4.90 Å². The number of amides is 1. The van der Waals surface area contributed by atoms with Crippen LogP contribution in [0.4, 0.5) is 5.69 Å². The van der Waals surface area contributed by atoms with Gasteiger partial charge in [0.25, 0.3) is 0 Å². The van der Waals surface area contributed by atoms with Gasteiger partial charge >= 0.3 is 0 Å². The van der Waals surface area contributed by atoms with E-state index >= 15 is 0 Å². The molecule has 0 saturated carbocycles. The van der Waals surface area contributed by atoms with Gasteiger partial charge in [0.1, 0.15) is 23.0 Å². The Kier molecular flexibility index (Phi) is 6.61. The lowest BCUT2D eigenvalue weighted by Gasteiger charge is -2.38. The van der Waals surface area contributed by atoms with Crippen LogP contribution in [0.5, 0.6) is 11.5 Å². The summed E-state index contributed by atoms with van der Waals surface area (Å²) in [5.74, 6) is -0.591. The zero-order valence-corrected chi connectivity index (χ0v) is 24.7. The number of carbonyl (C=O) groups is 3. The average Bonchev–Trinajstić information content (AvgIpc) is 3.52. The Morgan fingerprint density at radius 3 is 2.16 bits per heavy atom. The minimum absolute atomic E-state index is 0.0157. The van der Waals surface area contributed by atoms with E-state index in [1.807, 2.05) is 79.6 Å². The summed E-state index contributed by atoms with van der Waals surface area (Å²) in [6.45, 7) is 3.88. The summed E-state index contributed by atoms with van der Waals surface area (Å²) in [6, 6.07) is 27.7. The minimum atomic E-state index is -1.38. The smallest absolute Gasteiger partial charge is 0.238 e. The van der Waals surface area contributed by atoms with E-state index in [9.17, 15) is 14.4 Å². The van der Waals surface area contributed by atoms with Crippen LogP contribution in [0.15, 0.2) is 103 Å². The van der Waals surface area contributed by atoms with Crippen molar-refractivity contribution in [2.75, 3.05) is 12.4 Å². The van der Waals surface area contributed by atoms with E-state index in [0.717, 1.165) is 11.1 Å². The van der Waals surface area contributed by atoms with Crippen molar-refractivity contribution in [3.8, 4) is 11.5 Å². The molecule has 44 heavy (non-hydrogen) atoms. The van der Waals surface area contributed by atoms with Gasteiger partial charge in [0.2, 0.25) is 5.91 Å². The zero-order chi connectivity index (χ0) is 30.6. The van der Waals surface area contributed by atoms with Crippen LogP contribution in [0.3, 0.4) is 0 Å². The molecule has 7 rings (SSSR count). The number of carbonyl (C=O) groups excluding carboxylic acids is 3. The summed E-state index contributed by atoms with van der Waals surface area (Å²) in [7, 11) is 1.57. The third-order valence-electron chi connectivity index (χ3n) is 9.01. The number of nitrogens with zero attached hydrogens (tertiary/aromatic N) is 1. The number of anilines is 1. The molecule has 4 aromatic rings. The number of Topliss-reactive ketones (excluding diaryl/α,β-unsaturated/α-hetero) is 2. The molecule has 7 nitrogen and oxygen atoms in total. The third-order valence-corrected chi connectivity index (χ3v) is 9.01. The van der Waals surface area contributed by atoms with Gasteiger partial charge in [0.05, 0.1) is 25.2 Å². The highest BCUT2D eigenvalue weighted by Crippen LogP contribution is 2.62. The van der Waals surface area contributed by atoms with Gasteiger partial charge in [-0.3, -0.25) is 14.4 Å². The highest BCUT2D eigenvalue weighted by molar-refractivity contribution is 6.16. The van der Waals surface area contributed by atoms with Crippen molar-refractivity contribution in [1.29, 1.82) is 0 Å². The number of ether oxygens (including phenoxy) is 2. The van der Waals surface area contributed by atoms with Crippen LogP contribution in [0.25, 0.3) is 6.08 Å². The topological polar surface area (TPSA) is 84.9 Å². The molecule has 1 amide bonds. The number of hydrogen-bond acceptors (Lipinski definition) is 6. The first-order valence-corrected chi connectivity index (χ1v) is 14.8. The van der Waals surface area contributed by atoms with E-state index in [1.165, 1.54) is 0 Å². The summed E-state index contributed by atoms with van der Waals surface area (Å²) in [4.78, 5) is 46.1. The molecular formula is C37H32N2O5. The average molecular weight is 585 g/mol. The molecule has 3 heterocycles. The molecule has 1 spiro atoms. The molecule has 4 aromatic carbocycles. The summed E-state index contributed by atoms with van der Waals surface area (Å²) in [6.07, 6.45) is 3.82. The van der Waals surface area contributed by atoms with Crippen LogP contribution in [0.2, 0.25) is 0 Å². The zero-order valence-electron chi connectivity index (χ0n) is 24.7. The molecule has 0 aliphatic carbocycles. The predicted molar refractivity (Wildman–Crippen MR) is 168 cm³/mol. The molecule has 3 aliphatic rings. The highest BCUT2D eigenvalue weighted by atomic mass is 16.5. The standard InChI is InChI=1S/C37H32N2O5/c1-22(2)44-27-18-14-25(15-19-27)34(41)32-31(33(40)24-12-16-26(43-3)17-13-24)37(29-10-6-7-11-30(29)38-36(37)42)35-28-9-5-4-8-23(28)20-21-39(32)35/h4-22,31-32,35H,1-3H3,(H,38,42)/t31-,32-,35+,37+/m0/s1. The molecular weight excluding hydrogens is 552 g/mol. The first-order valence-electron chi connectivity index (χ1n) is 14.8. The van der Waals surface area contributed by atoms with E-state index in [1.54, 1.807) is 55.6 Å². The van der Waals surface area contributed by atoms with Gasteiger partial charge in [-0.15, -0.1) is 0 Å². The van der Waals surface area contributed by atoms with Gasteiger partial charge in [-0.05, 0) is 91.2 Å². The Labute approximate surface area is 256 Å². The molecule has 1 saturated heterocycles. The Bertz CT molecular complexity index is 1810. The van der Waals surface area contributed by atoms with Crippen molar-refractivity contribution < 1.29 is 23.9 Å². The molecule has 7 heteroatoms. The van der Waals surface area contributed by atoms with Crippen LogP contribution in [0.1, 0.15) is 57.3 Å². The lowest BCUT2D eigenvalue weighted by Crippen LogP contribution is -2.49. The predicted octanol–water partition coefficient (Wildman–Crippen LogP) is 6.46. The highest BCUT2D eigenvalue weighted by Gasteiger charge is 2.70. The molecule has 0 unspecified atom stereocenters. The second-order valence-electron chi connectivity index (χ2n) is 11.7. The molecule has 0 bridgehead atoms. The first-order chi connectivity index (χ1) is 21.3. The SMILES string of the molecule is COc1ccc(C(=O)[C@@H]2[C@@H](C(=O)c3ccc(OC(C)C)cc3)N3C=Cc4ccccc4[C@@H]3[C@]23C(=O)Nc2ccccc23)cc1. The van der Waals surface area contributed by atoms with Crippen LogP contribution in [-0.2, 0) is 10.2 Å². The summed E-state index contributed by atoms with van der Waals surface area (Å²) in [5, 5.41) is 3.08. The molecule has 0 radical (unpaired) electrons. The quantitative estimate of drug-likeness (QED) is 0.251. The van der Waals surface area contributed by atoms with Crippen molar-refractivity contribution in [3.63, 3.8) is 0 Å². The summed E-state index contributed by atoms with van der Waals surface area (Å²) in [5.41, 5.74) is 2.68. The summed E-state index contributed by atoms with van der Waals surface area (Å²) < 4.78 is 11.2. The van der Waals surface area contributed by atoms with Crippen molar-refractivity contribution >= 4 is 29.2 Å². The molecule has 4 atom stereocenters. The lowest BCUT2D eigenvalue weighted by atomic mass is 9.62. The van der Waals surface area contributed by atoms with E-state index in [-0.39, 0.29) is 23.6 Å². The van der Waals surface area contributed by atoms with Gasteiger partial charge < -0.3 is 19.7 Å². The minimum Gasteiger partial charge on any atom is -0.497 e. The maximum Gasteiger partial charge on any atom is 0.238 e. The third kappa shape index (κ3) is 4.07. The number of benzene rings is 4. The number of nitrogens with one attached hydrogen (secondary N) is 1. The lowest BCUT2D eigenvalue weighted by molar-refractivity contribution is -0.122. The van der Waals surface area contributed by atoms with E-state index < -0.39 is 23.4 Å². The second-order valence-corrected chi connectivity index (χ2v) is 11.7. The van der Waals surface area contributed by atoms with Crippen molar-refractivity contribution in [2.24, 2.45) is 5.92 Å². The largest absolute Gasteiger partial charge is 0.497 e. The monoisotopic (exact) mass is 584 g/mol. The van der Waals surface area contributed by atoms with Gasteiger partial charge in [0.15, 0.2) is 11.6 Å². The van der Waals surface area contributed by atoms with Crippen LogP contribution < -0.4 is 14.8 Å². The maximum absolute atomic E-state index is 14.9. The first kappa shape index (κ1) is 27.7. The fourth-order valence-corrected chi connectivity index (χ4v) is 7.24. The van der Waals surface area contributed by atoms with Crippen LogP contribution >= 0.6 is 0 Å². The van der Waals surface area contributed by atoms with Crippen molar-refractivity contribution in [3.05, 3.63) is 131 Å². The van der Waals surface area contributed by atoms with Crippen LogP contribution in [-0.4, -0.2) is 41.6 Å². The fraction of sp³-hybridized carbons (Fsp3) is 0.216. The van der Waals surface area contributed by atoms with Gasteiger partial charge in [0, 0.05) is 23.0 Å². The molecule has 1 N–H and O–H groups in total. The van der Waals surface area contributed by atoms with Crippen LogP contribution in [0, 0.1) is 5.92 Å². The van der Waals surface area contributed by atoms with E-state index in [2.05, 4.69) is 5.32 Å². The van der Waals surface area contributed by atoms with Gasteiger partial charge in [-0.25, -0.2) is 0 Å². The number of rotatable bonds is 7. The van der Waals surface area contributed by atoms with E-state index in [0.29, 0.717) is 33.9 Å². The van der Waals surface area contributed by atoms with E-state index in [4.69, 9.17) is 9.47 Å².